The van der Waals surface area contributed by atoms with E-state index >= 15 is 0 Å². The molecular formula is C9H9F3N2O. The number of nitrogen functional groups attached to an aromatic ring is 1. The van der Waals surface area contributed by atoms with Crippen LogP contribution in [0.4, 0.5) is 13.2 Å². The van der Waals surface area contributed by atoms with Crippen LogP contribution in [0.3, 0.4) is 0 Å². The zero-order valence-electron chi connectivity index (χ0n) is 7.64. The molecule has 0 atom stereocenters. The first-order chi connectivity index (χ1) is 7.02. The minimum Gasteiger partial charge on any atom is -0.487 e. The second kappa shape index (κ2) is 4.68. The van der Waals surface area contributed by atoms with E-state index in [-0.39, 0.29) is 11.3 Å². The van der Waals surface area contributed by atoms with Gasteiger partial charge in [-0.15, -0.1) is 0 Å². The molecule has 0 aromatic heterocycles. The molecule has 0 aliphatic carbocycles. The molecule has 0 spiro atoms. The van der Waals surface area contributed by atoms with Gasteiger partial charge in [-0.2, -0.15) is 0 Å². The molecular weight excluding hydrogens is 209 g/mol. The van der Waals surface area contributed by atoms with E-state index in [1.807, 2.05) is 0 Å². The normalized spacial score (nSPS) is 10.4. The SMILES string of the molecule is N=C(N)c1c(F)cccc1OCC(F)F. The van der Waals surface area contributed by atoms with Crippen LogP contribution in [0, 0.1) is 11.2 Å². The van der Waals surface area contributed by atoms with Crippen molar-refractivity contribution in [2.75, 3.05) is 6.61 Å². The van der Waals surface area contributed by atoms with Crippen LogP contribution < -0.4 is 10.5 Å². The van der Waals surface area contributed by atoms with E-state index in [4.69, 9.17) is 11.1 Å². The lowest BCUT2D eigenvalue weighted by Gasteiger charge is -2.10. The molecule has 1 rings (SSSR count). The first kappa shape index (κ1) is 11.4. The van der Waals surface area contributed by atoms with Gasteiger partial charge in [0.25, 0.3) is 6.43 Å². The minimum atomic E-state index is -2.66. The number of ether oxygens (including phenoxy) is 1. The van der Waals surface area contributed by atoms with Crippen LogP contribution >= 0.6 is 0 Å². The van der Waals surface area contributed by atoms with Gasteiger partial charge in [-0.05, 0) is 12.1 Å². The lowest BCUT2D eigenvalue weighted by atomic mass is 10.1. The van der Waals surface area contributed by atoms with Crippen molar-refractivity contribution in [3.05, 3.63) is 29.6 Å². The van der Waals surface area contributed by atoms with Crippen LogP contribution in [0.25, 0.3) is 0 Å². The third-order valence-corrected chi connectivity index (χ3v) is 1.61. The van der Waals surface area contributed by atoms with Gasteiger partial charge in [-0.3, -0.25) is 5.41 Å². The fraction of sp³-hybridized carbons (Fsp3) is 0.222. The number of benzene rings is 1. The van der Waals surface area contributed by atoms with Crippen LogP contribution in [0.2, 0.25) is 0 Å². The van der Waals surface area contributed by atoms with Gasteiger partial charge in [0.1, 0.15) is 24.0 Å². The molecule has 1 aromatic carbocycles. The Morgan fingerprint density at radius 1 is 1.47 bits per heavy atom. The van der Waals surface area contributed by atoms with E-state index in [9.17, 15) is 13.2 Å². The van der Waals surface area contributed by atoms with Gasteiger partial charge >= 0.3 is 0 Å². The Morgan fingerprint density at radius 2 is 2.13 bits per heavy atom. The molecule has 0 saturated heterocycles. The third kappa shape index (κ3) is 2.87. The van der Waals surface area contributed by atoms with E-state index in [2.05, 4.69) is 4.74 Å². The number of nitrogens with two attached hydrogens (primary N) is 1. The minimum absolute atomic E-state index is 0.150. The highest BCUT2D eigenvalue weighted by atomic mass is 19.3. The molecule has 0 aliphatic heterocycles. The highest BCUT2D eigenvalue weighted by Crippen LogP contribution is 2.21. The van der Waals surface area contributed by atoms with Crippen LogP contribution in [0.5, 0.6) is 5.75 Å². The lowest BCUT2D eigenvalue weighted by Crippen LogP contribution is -2.17. The van der Waals surface area contributed by atoms with Crippen molar-refractivity contribution in [1.82, 2.24) is 0 Å². The molecule has 0 fully saturated rings. The predicted molar refractivity (Wildman–Crippen MR) is 48.9 cm³/mol. The zero-order chi connectivity index (χ0) is 11.4. The van der Waals surface area contributed by atoms with Crippen LogP contribution in [0.1, 0.15) is 5.56 Å². The highest BCUT2D eigenvalue weighted by Gasteiger charge is 2.13. The summed E-state index contributed by atoms with van der Waals surface area (Å²) in [6.45, 7) is -0.857. The van der Waals surface area contributed by atoms with Gasteiger partial charge in [0.2, 0.25) is 0 Å². The summed E-state index contributed by atoms with van der Waals surface area (Å²) in [6, 6.07) is 3.65. The van der Waals surface area contributed by atoms with Gasteiger partial charge < -0.3 is 10.5 Å². The Kier molecular flexibility index (Phi) is 3.54. The Labute approximate surface area is 84.2 Å². The van der Waals surface area contributed by atoms with Gasteiger partial charge in [-0.1, -0.05) is 6.07 Å². The first-order valence-electron chi connectivity index (χ1n) is 4.06. The van der Waals surface area contributed by atoms with Crippen molar-refractivity contribution >= 4 is 5.84 Å². The molecule has 1 aromatic rings. The summed E-state index contributed by atoms with van der Waals surface area (Å²) in [5, 5.41) is 7.07. The molecule has 0 radical (unpaired) electrons. The summed E-state index contributed by atoms with van der Waals surface area (Å²) in [6.07, 6.45) is -2.66. The van der Waals surface area contributed by atoms with Crippen molar-refractivity contribution in [2.45, 2.75) is 6.43 Å². The maximum absolute atomic E-state index is 13.1. The quantitative estimate of drug-likeness (QED) is 0.597. The smallest absolute Gasteiger partial charge is 0.272 e. The van der Waals surface area contributed by atoms with Gasteiger partial charge in [0, 0.05) is 0 Å². The van der Waals surface area contributed by atoms with Crippen molar-refractivity contribution in [3.8, 4) is 5.75 Å². The fourth-order valence-corrected chi connectivity index (χ4v) is 1.04. The van der Waals surface area contributed by atoms with Gasteiger partial charge in [0.05, 0.1) is 5.56 Å². The van der Waals surface area contributed by atoms with E-state index in [0.29, 0.717) is 0 Å². The Bertz CT molecular complexity index is 368. The van der Waals surface area contributed by atoms with Crippen molar-refractivity contribution < 1.29 is 17.9 Å². The molecule has 3 nitrogen and oxygen atoms in total. The number of rotatable bonds is 4. The second-order valence-electron chi connectivity index (χ2n) is 2.73. The molecule has 3 N–H and O–H groups in total. The number of nitrogens with one attached hydrogen (secondary N) is 1. The summed E-state index contributed by atoms with van der Waals surface area (Å²) >= 11 is 0. The molecule has 6 heteroatoms. The van der Waals surface area contributed by atoms with Gasteiger partial charge in [0.15, 0.2) is 0 Å². The topological polar surface area (TPSA) is 59.1 Å². The fourth-order valence-electron chi connectivity index (χ4n) is 1.04. The maximum Gasteiger partial charge on any atom is 0.272 e. The first-order valence-corrected chi connectivity index (χ1v) is 4.06. The lowest BCUT2D eigenvalue weighted by molar-refractivity contribution is 0.0816. The van der Waals surface area contributed by atoms with Crippen LogP contribution in [0.15, 0.2) is 18.2 Å². The zero-order valence-corrected chi connectivity index (χ0v) is 7.64. The number of hydrogen-bond acceptors (Lipinski definition) is 2. The molecule has 0 aliphatic rings. The third-order valence-electron chi connectivity index (χ3n) is 1.61. The van der Waals surface area contributed by atoms with E-state index in [1.54, 1.807) is 0 Å². The molecule has 0 heterocycles. The van der Waals surface area contributed by atoms with Crippen LogP contribution in [-0.2, 0) is 0 Å². The summed E-state index contributed by atoms with van der Waals surface area (Å²) in [4.78, 5) is 0. The average Bonchev–Trinajstić information content (AvgIpc) is 2.13. The highest BCUT2D eigenvalue weighted by molar-refractivity contribution is 5.97. The Morgan fingerprint density at radius 3 is 2.67 bits per heavy atom. The molecule has 15 heavy (non-hydrogen) atoms. The molecule has 82 valence electrons. The average molecular weight is 218 g/mol. The molecule has 0 bridgehead atoms. The maximum atomic E-state index is 13.1. The largest absolute Gasteiger partial charge is 0.487 e. The summed E-state index contributed by atoms with van der Waals surface area (Å²) in [5.74, 6) is -1.48. The van der Waals surface area contributed by atoms with Gasteiger partial charge in [-0.25, -0.2) is 13.2 Å². The Hall–Kier alpha value is -1.72. The standard InChI is InChI=1S/C9H9F3N2O/c10-5-2-1-3-6(8(5)9(13)14)15-4-7(11)12/h1-3,7H,4H2,(H3,13,14). The van der Waals surface area contributed by atoms with Crippen molar-refractivity contribution in [1.29, 1.82) is 5.41 Å². The van der Waals surface area contributed by atoms with Crippen molar-refractivity contribution in [3.63, 3.8) is 0 Å². The molecule has 0 amide bonds. The number of hydrogen-bond donors (Lipinski definition) is 2. The predicted octanol–water partition coefficient (Wildman–Crippen LogP) is 1.75. The van der Waals surface area contributed by atoms with Crippen LogP contribution in [-0.4, -0.2) is 18.9 Å². The summed E-state index contributed by atoms with van der Waals surface area (Å²) in [7, 11) is 0. The van der Waals surface area contributed by atoms with E-state index in [0.717, 1.165) is 6.07 Å². The number of amidine groups is 1. The molecule has 0 saturated carbocycles. The second-order valence-corrected chi connectivity index (χ2v) is 2.73. The number of alkyl halides is 2. The molecule has 0 unspecified atom stereocenters. The van der Waals surface area contributed by atoms with Crippen molar-refractivity contribution in [2.24, 2.45) is 5.73 Å². The summed E-state index contributed by atoms with van der Waals surface area (Å²) < 4.78 is 41.5. The Balaban J connectivity index is 2.96. The monoisotopic (exact) mass is 218 g/mol. The van der Waals surface area contributed by atoms with E-state index < -0.39 is 24.7 Å². The summed E-state index contributed by atoms with van der Waals surface area (Å²) in [5.41, 5.74) is 4.80. The number of halogens is 3. The van der Waals surface area contributed by atoms with E-state index in [1.165, 1.54) is 12.1 Å².